The average Bonchev–Trinajstić information content (AvgIpc) is 1.66. The monoisotopic (exact) mass is 118 g/mol. The minimum Gasteiger partial charge on any atom is -0.273 e. The molecule has 0 aliphatic heterocycles. The maximum Gasteiger partial charge on any atom is 0.238 e. The van der Waals surface area contributed by atoms with Crippen LogP contribution in [0.4, 0.5) is 4.39 Å². The van der Waals surface area contributed by atoms with E-state index in [4.69, 9.17) is 5.73 Å². The Morgan fingerprint density at radius 2 is 2.12 bits per heavy atom. The molecule has 0 aromatic carbocycles. The third-order valence-corrected chi connectivity index (χ3v) is 0.787. The molecule has 0 rings (SSSR count). The van der Waals surface area contributed by atoms with Gasteiger partial charge in [-0.2, -0.15) is 0 Å². The Bertz CT molecular complexity index is 74.8. The molecule has 0 fully saturated rings. The first-order valence-electron chi connectivity index (χ1n) is 2.57. The molecule has 0 bridgehead atoms. The lowest BCUT2D eigenvalue weighted by Gasteiger charge is -1.88. The van der Waals surface area contributed by atoms with Crippen molar-refractivity contribution in [2.75, 3.05) is 6.67 Å². The Morgan fingerprint density at radius 3 is 2.50 bits per heavy atom. The van der Waals surface area contributed by atoms with Crippen LogP contribution in [0.5, 0.6) is 0 Å². The second kappa shape index (κ2) is 4.56. The molecule has 1 amide bonds. The molecule has 0 saturated carbocycles. The van der Waals surface area contributed by atoms with Gasteiger partial charge < -0.3 is 0 Å². The molecule has 0 atom stereocenters. The zero-order valence-electron chi connectivity index (χ0n) is 4.61. The van der Waals surface area contributed by atoms with Crippen LogP contribution in [0.25, 0.3) is 0 Å². The first kappa shape index (κ1) is 7.40. The highest BCUT2D eigenvalue weighted by atomic mass is 19.1. The summed E-state index contributed by atoms with van der Waals surface area (Å²) in [5.41, 5.74) is 6.39. The van der Waals surface area contributed by atoms with Crippen molar-refractivity contribution in [1.82, 2.24) is 5.73 Å². The number of halogens is 1. The van der Waals surface area contributed by atoms with Crippen molar-refractivity contribution in [3.05, 3.63) is 0 Å². The maximum absolute atomic E-state index is 11.3. The Hall–Kier alpha value is -0.600. The van der Waals surface area contributed by atoms with Crippen LogP contribution in [0.3, 0.4) is 0 Å². The number of carbonyl (C=O) groups excluding carboxylic acids is 1. The molecule has 1 radical (unpaired) electrons. The number of rotatable bonds is 4. The van der Waals surface area contributed by atoms with Crippen molar-refractivity contribution < 1.29 is 9.18 Å². The molecule has 0 saturated heterocycles. The van der Waals surface area contributed by atoms with E-state index in [1.807, 2.05) is 0 Å². The number of hydrogen-bond acceptors (Lipinski definition) is 1. The Balaban J connectivity index is 2.82. The fourth-order valence-electron chi connectivity index (χ4n) is 0.380. The van der Waals surface area contributed by atoms with E-state index >= 15 is 0 Å². The van der Waals surface area contributed by atoms with Gasteiger partial charge in [-0.3, -0.25) is 14.9 Å². The summed E-state index contributed by atoms with van der Waals surface area (Å²) in [6.45, 7) is -0.382. The van der Waals surface area contributed by atoms with E-state index in [0.717, 1.165) is 0 Å². The molecule has 0 unspecified atom stereocenters. The topological polar surface area (TPSA) is 40.9 Å². The summed E-state index contributed by atoms with van der Waals surface area (Å²) in [4.78, 5) is 9.86. The van der Waals surface area contributed by atoms with Gasteiger partial charge in [0.2, 0.25) is 5.91 Å². The smallest absolute Gasteiger partial charge is 0.238 e. The van der Waals surface area contributed by atoms with Crippen molar-refractivity contribution in [3.8, 4) is 0 Å². The average molecular weight is 118 g/mol. The lowest BCUT2D eigenvalue weighted by Crippen LogP contribution is -1.96. The molecule has 0 aromatic heterocycles. The predicted octanol–water partition coefficient (Wildman–Crippen LogP) is 0.936. The van der Waals surface area contributed by atoms with Crippen molar-refractivity contribution in [2.24, 2.45) is 0 Å². The molecular formula is C5H9FNO. The largest absolute Gasteiger partial charge is 0.273 e. The van der Waals surface area contributed by atoms with Crippen LogP contribution in [0.15, 0.2) is 0 Å². The quantitative estimate of drug-likeness (QED) is 0.506. The highest BCUT2D eigenvalue weighted by Crippen LogP contribution is 1.93. The minimum absolute atomic E-state index is 0.198. The molecule has 0 spiro atoms. The van der Waals surface area contributed by atoms with E-state index in [1.54, 1.807) is 0 Å². The first-order valence-corrected chi connectivity index (χ1v) is 2.57. The summed E-state index contributed by atoms with van der Waals surface area (Å²) < 4.78 is 11.3. The first-order chi connectivity index (χ1) is 3.77. The normalized spacial score (nSPS) is 9.12. The predicted molar refractivity (Wildman–Crippen MR) is 27.9 cm³/mol. The van der Waals surface area contributed by atoms with E-state index in [9.17, 15) is 9.18 Å². The lowest BCUT2D eigenvalue weighted by atomic mass is 10.2. The van der Waals surface area contributed by atoms with Crippen molar-refractivity contribution >= 4 is 5.91 Å². The fraction of sp³-hybridized carbons (Fsp3) is 0.800. The van der Waals surface area contributed by atoms with Gasteiger partial charge in [0.15, 0.2) is 0 Å². The summed E-state index contributed by atoms with van der Waals surface area (Å²) in [5, 5.41) is 0. The number of nitrogens with one attached hydrogen (secondary N) is 1. The molecule has 1 N–H and O–H groups in total. The van der Waals surface area contributed by atoms with Crippen molar-refractivity contribution in [3.63, 3.8) is 0 Å². The number of alkyl halides is 1. The second-order valence-corrected chi connectivity index (χ2v) is 1.57. The van der Waals surface area contributed by atoms with E-state index in [-0.39, 0.29) is 13.1 Å². The third kappa shape index (κ3) is 5.40. The van der Waals surface area contributed by atoms with Gasteiger partial charge in [-0.15, -0.1) is 0 Å². The van der Waals surface area contributed by atoms with Gasteiger partial charge in [0.05, 0.1) is 6.67 Å². The van der Waals surface area contributed by atoms with Crippen molar-refractivity contribution in [2.45, 2.75) is 19.3 Å². The standard InChI is InChI=1S/C5H9FNO/c6-4-2-1-3-5(7)8/h7H,1-4H2. The number of hydrogen-bond donors (Lipinski definition) is 0. The van der Waals surface area contributed by atoms with Crippen LogP contribution in [-0.4, -0.2) is 12.6 Å². The number of unbranched alkanes of at least 4 members (excludes halogenated alkanes) is 1. The van der Waals surface area contributed by atoms with E-state index in [1.165, 1.54) is 0 Å². The molecule has 0 aliphatic carbocycles. The van der Waals surface area contributed by atoms with Gasteiger partial charge in [-0.25, -0.2) is 0 Å². The van der Waals surface area contributed by atoms with E-state index in [0.29, 0.717) is 12.8 Å². The molecule has 47 valence electrons. The van der Waals surface area contributed by atoms with Gasteiger partial charge >= 0.3 is 0 Å². The highest BCUT2D eigenvalue weighted by Gasteiger charge is 1.92. The molecular weight excluding hydrogens is 109 g/mol. The molecule has 0 aliphatic rings. The Kier molecular flexibility index (Phi) is 4.21. The van der Waals surface area contributed by atoms with Gasteiger partial charge in [0, 0.05) is 6.42 Å². The maximum atomic E-state index is 11.3. The zero-order valence-corrected chi connectivity index (χ0v) is 4.61. The van der Waals surface area contributed by atoms with Gasteiger partial charge in [-0.05, 0) is 12.8 Å². The van der Waals surface area contributed by atoms with Gasteiger partial charge in [0.1, 0.15) is 0 Å². The highest BCUT2D eigenvalue weighted by molar-refractivity contribution is 5.72. The molecule has 2 nitrogen and oxygen atoms in total. The van der Waals surface area contributed by atoms with Crippen LogP contribution in [-0.2, 0) is 4.79 Å². The summed E-state index contributed by atoms with van der Waals surface area (Å²) in [5.74, 6) is -0.599. The summed E-state index contributed by atoms with van der Waals surface area (Å²) >= 11 is 0. The molecule has 0 heterocycles. The zero-order chi connectivity index (χ0) is 6.41. The van der Waals surface area contributed by atoms with Gasteiger partial charge in [-0.1, -0.05) is 0 Å². The number of amides is 1. The molecule has 8 heavy (non-hydrogen) atoms. The number of carbonyl (C=O) groups is 1. The van der Waals surface area contributed by atoms with E-state index < -0.39 is 5.91 Å². The van der Waals surface area contributed by atoms with Gasteiger partial charge in [0.25, 0.3) is 0 Å². The summed E-state index contributed by atoms with van der Waals surface area (Å²) in [7, 11) is 0. The SMILES string of the molecule is [NH]C(=O)CCCCF. The minimum atomic E-state index is -0.599. The van der Waals surface area contributed by atoms with Crippen LogP contribution in [0, 0.1) is 0 Å². The summed E-state index contributed by atoms with van der Waals surface area (Å²) in [6.07, 6.45) is 1.12. The lowest BCUT2D eigenvalue weighted by molar-refractivity contribution is -0.118. The summed E-state index contributed by atoms with van der Waals surface area (Å²) in [6, 6.07) is 0. The van der Waals surface area contributed by atoms with Crippen LogP contribution >= 0.6 is 0 Å². The molecule has 3 heteroatoms. The molecule has 0 aromatic rings. The Labute approximate surface area is 47.9 Å². The third-order valence-electron chi connectivity index (χ3n) is 0.787. The fourth-order valence-corrected chi connectivity index (χ4v) is 0.380. The van der Waals surface area contributed by atoms with Crippen LogP contribution < -0.4 is 5.73 Å². The van der Waals surface area contributed by atoms with Crippen molar-refractivity contribution in [1.29, 1.82) is 0 Å². The van der Waals surface area contributed by atoms with E-state index in [2.05, 4.69) is 0 Å². The Morgan fingerprint density at radius 1 is 1.50 bits per heavy atom. The van der Waals surface area contributed by atoms with Crippen LogP contribution in [0.1, 0.15) is 19.3 Å². The van der Waals surface area contributed by atoms with Crippen LogP contribution in [0.2, 0.25) is 0 Å². The second-order valence-electron chi connectivity index (χ2n) is 1.57.